The zero-order valence-electron chi connectivity index (χ0n) is 17.3. The average Bonchev–Trinajstić information content (AvgIpc) is 2.78. The predicted octanol–water partition coefficient (Wildman–Crippen LogP) is 1.96. The van der Waals surface area contributed by atoms with Gasteiger partial charge in [-0.15, -0.1) is 0 Å². The Hall–Kier alpha value is -3.46. The number of carbonyl (C=O) groups is 3. The molecule has 0 aliphatic rings. The summed E-state index contributed by atoms with van der Waals surface area (Å²) in [5.74, 6) is -0.869. The molecule has 2 aromatic rings. The van der Waals surface area contributed by atoms with Crippen LogP contribution in [0, 0.1) is 0 Å². The van der Waals surface area contributed by atoms with E-state index < -0.39 is 30.9 Å². The lowest BCUT2D eigenvalue weighted by Crippen LogP contribution is -2.33. The third kappa shape index (κ3) is 7.07. The molecule has 0 aromatic heterocycles. The zero-order chi connectivity index (χ0) is 22.8. The number of methoxy groups -OCH3 is 3. The molecular formula is C21H23ClN2O7. The van der Waals surface area contributed by atoms with Crippen molar-refractivity contribution >= 4 is 29.4 Å². The molecule has 0 heterocycles. The van der Waals surface area contributed by atoms with Crippen LogP contribution in [0.25, 0.3) is 0 Å². The molecule has 2 rings (SSSR count). The van der Waals surface area contributed by atoms with Crippen LogP contribution in [0.2, 0.25) is 5.02 Å². The number of ether oxygens (including phenoxy) is 4. The van der Waals surface area contributed by atoms with E-state index in [0.29, 0.717) is 22.3 Å². The highest BCUT2D eigenvalue weighted by Crippen LogP contribution is 2.38. The molecule has 0 aliphatic heterocycles. The second-order valence-electron chi connectivity index (χ2n) is 6.16. The molecule has 0 spiro atoms. The molecule has 2 amide bonds. The summed E-state index contributed by atoms with van der Waals surface area (Å²) in [5.41, 5.74) is 1.01. The third-order valence-corrected chi connectivity index (χ3v) is 4.30. The van der Waals surface area contributed by atoms with Gasteiger partial charge in [0.25, 0.3) is 11.8 Å². The highest BCUT2D eigenvalue weighted by atomic mass is 35.5. The van der Waals surface area contributed by atoms with Crippen molar-refractivity contribution in [1.29, 1.82) is 0 Å². The number of nitrogens with one attached hydrogen (secondary N) is 2. The van der Waals surface area contributed by atoms with Crippen LogP contribution in [-0.4, -0.2) is 52.3 Å². The number of esters is 1. The van der Waals surface area contributed by atoms with E-state index in [-0.39, 0.29) is 12.1 Å². The Balaban J connectivity index is 1.81. The predicted molar refractivity (Wildman–Crippen MR) is 113 cm³/mol. The fourth-order valence-corrected chi connectivity index (χ4v) is 2.78. The first-order valence-corrected chi connectivity index (χ1v) is 9.50. The first-order chi connectivity index (χ1) is 14.9. The lowest BCUT2D eigenvalue weighted by atomic mass is 10.1. The van der Waals surface area contributed by atoms with Crippen LogP contribution in [0.15, 0.2) is 36.4 Å². The average molecular weight is 451 g/mol. The first kappa shape index (κ1) is 23.8. The number of carbonyl (C=O) groups excluding carboxylic acids is 3. The molecular weight excluding hydrogens is 428 g/mol. The summed E-state index contributed by atoms with van der Waals surface area (Å²) in [6.45, 7) is -0.647. The van der Waals surface area contributed by atoms with E-state index in [2.05, 4.69) is 10.6 Å². The molecule has 31 heavy (non-hydrogen) atoms. The molecule has 9 nitrogen and oxygen atoms in total. The van der Waals surface area contributed by atoms with Gasteiger partial charge in [-0.3, -0.25) is 14.4 Å². The Labute approximate surface area is 184 Å². The van der Waals surface area contributed by atoms with Crippen molar-refractivity contribution in [3.63, 3.8) is 0 Å². The molecule has 0 saturated carbocycles. The van der Waals surface area contributed by atoms with E-state index >= 15 is 0 Å². The van der Waals surface area contributed by atoms with Crippen molar-refractivity contribution in [2.75, 3.05) is 34.5 Å². The minimum Gasteiger partial charge on any atom is -0.493 e. The van der Waals surface area contributed by atoms with Gasteiger partial charge in [0, 0.05) is 17.1 Å². The fourth-order valence-electron chi connectivity index (χ4n) is 2.56. The van der Waals surface area contributed by atoms with Crippen molar-refractivity contribution in [3.05, 3.63) is 52.5 Å². The van der Waals surface area contributed by atoms with Gasteiger partial charge in [-0.2, -0.15) is 0 Å². The van der Waals surface area contributed by atoms with Crippen molar-refractivity contribution in [2.24, 2.45) is 0 Å². The lowest BCUT2D eigenvalue weighted by Gasteiger charge is -2.14. The molecule has 0 bridgehead atoms. The van der Waals surface area contributed by atoms with Gasteiger partial charge < -0.3 is 29.6 Å². The SMILES string of the molecule is COc1cc(C(=O)NCC(=O)OCC(=O)NCc2cccc(Cl)c2)cc(OC)c1OC. The number of rotatable bonds is 10. The Morgan fingerprint density at radius 3 is 2.19 bits per heavy atom. The van der Waals surface area contributed by atoms with E-state index in [1.165, 1.54) is 33.5 Å². The number of amides is 2. The maximum absolute atomic E-state index is 12.3. The van der Waals surface area contributed by atoms with Crippen LogP contribution < -0.4 is 24.8 Å². The normalized spacial score (nSPS) is 10.1. The van der Waals surface area contributed by atoms with E-state index in [4.69, 9.17) is 30.5 Å². The van der Waals surface area contributed by atoms with E-state index in [1.807, 2.05) is 0 Å². The van der Waals surface area contributed by atoms with Gasteiger partial charge in [-0.1, -0.05) is 23.7 Å². The van der Waals surface area contributed by atoms with Crippen molar-refractivity contribution in [3.8, 4) is 17.2 Å². The topological polar surface area (TPSA) is 112 Å². The third-order valence-electron chi connectivity index (χ3n) is 4.06. The Kier molecular flexibility index (Phi) is 8.95. The van der Waals surface area contributed by atoms with Gasteiger partial charge in [0.05, 0.1) is 21.3 Å². The van der Waals surface area contributed by atoms with E-state index in [9.17, 15) is 14.4 Å². The summed E-state index contributed by atoms with van der Waals surface area (Å²) in [4.78, 5) is 36.0. The molecule has 10 heteroatoms. The van der Waals surface area contributed by atoms with Crippen molar-refractivity contribution in [1.82, 2.24) is 10.6 Å². The van der Waals surface area contributed by atoms with Crippen LogP contribution in [0.5, 0.6) is 17.2 Å². The fraction of sp³-hybridized carbons (Fsp3) is 0.286. The minimum absolute atomic E-state index is 0.196. The second-order valence-corrected chi connectivity index (χ2v) is 6.60. The molecule has 0 saturated heterocycles. The van der Waals surface area contributed by atoms with Crippen molar-refractivity contribution in [2.45, 2.75) is 6.54 Å². The van der Waals surface area contributed by atoms with Gasteiger partial charge in [-0.25, -0.2) is 0 Å². The van der Waals surface area contributed by atoms with E-state index in [0.717, 1.165) is 5.56 Å². The molecule has 2 aromatic carbocycles. The summed E-state index contributed by atoms with van der Waals surface area (Å²) in [7, 11) is 4.29. The first-order valence-electron chi connectivity index (χ1n) is 9.13. The smallest absolute Gasteiger partial charge is 0.325 e. The van der Waals surface area contributed by atoms with E-state index in [1.54, 1.807) is 24.3 Å². The summed E-state index contributed by atoms with van der Waals surface area (Å²) < 4.78 is 20.5. The summed E-state index contributed by atoms with van der Waals surface area (Å²) >= 11 is 5.88. The summed E-state index contributed by atoms with van der Waals surface area (Å²) in [6.07, 6.45) is 0. The van der Waals surface area contributed by atoms with Crippen LogP contribution in [0.1, 0.15) is 15.9 Å². The molecule has 0 radical (unpaired) electrons. The lowest BCUT2D eigenvalue weighted by molar-refractivity contribution is -0.147. The van der Waals surface area contributed by atoms with Crippen LogP contribution in [0.3, 0.4) is 0 Å². The van der Waals surface area contributed by atoms with Crippen molar-refractivity contribution < 1.29 is 33.3 Å². The monoisotopic (exact) mass is 450 g/mol. The zero-order valence-corrected chi connectivity index (χ0v) is 18.1. The molecule has 0 aliphatic carbocycles. The Morgan fingerprint density at radius 1 is 0.935 bits per heavy atom. The highest BCUT2D eigenvalue weighted by molar-refractivity contribution is 6.30. The molecule has 2 N–H and O–H groups in total. The number of benzene rings is 2. The van der Waals surface area contributed by atoms with Gasteiger partial charge in [-0.05, 0) is 29.8 Å². The molecule has 166 valence electrons. The number of halogens is 1. The van der Waals surface area contributed by atoms with Crippen LogP contribution in [-0.2, 0) is 20.9 Å². The minimum atomic E-state index is -0.765. The maximum Gasteiger partial charge on any atom is 0.325 e. The van der Waals surface area contributed by atoms with Gasteiger partial charge in [0.1, 0.15) is 6.54 Å². The van der Waals surface area contributed by atoms with Crippen LogP contribution >= 0.6 is 11.6 Å². The van der Waals surface area contributed by atoms with Gasteiger partial charge in [0.15, 0.2) is 18.1 Å². The van der Waals surface area contributed by atoms with Crippen LogP contribution in [0.4, 0.5) is 0 Å². The summed E-state index contributed by atoms with van der Waals surface area (Å²) in [5, 5.41) is 5.58. The number of hydrogen-bond donors (Lipinski definition) is 2. The second kappa shape index (κ2) is 11.7. The summed E-state index contributed by atoms with van der Waals surface area (Å²) in [6, 6.07) is 9.90. The number of hydrogen-bond acceptors (Lipinski definition) is 7. The maximum atomic E-state index is 12.3. The standard InChI is InChI=1S/C21H23ClN2O7/c1-28-16-8-14(9-17(29-2)20(16)30-3)21(27)24-11-19(26)31-12-18(25)23-10-13-5-4-6-15(22)7-13/h4-9H,10-12H2,1-3H3,(H,23,25)(H,24,27). The van der Waals surface area contributed by atoms with Gasteiger partial charge >= 0.3 is 5.97 Å². The van der Waals surface area contributed by atoms with Gasteiger partial charge in [0.2, 0.25) is 5.75 Å². The molecule has 0 fully saturated rings. The Bertz CT molecular complexity index is 924. The molecule has 0 unspecified atom stereocenters. The molecule has 0 atom stereocenters. The Morgan fingerprint density at radius 2 is 1.61 bits per heavy atom. The largest absolute Gasteiger partial charge is 0.493 e. The highest BCUT2D eigenvalue weighted by Gasteiger charge is 2.18. The quantitative estimate of drug-likeness (QED) is 0.532.